The second kappa shape index (κ2) is 6.98. The summed E-state index contributed by atoms with van der Waals surface area (Å²) in [7, 11) is 0. The maximum absolute atomic E-state index is 11.4. The Morgan fingerprint density at radius 2 is 2.00 bits per heavy atom. The zero-order chi connectivity index (χ0) is 14.4. The normalized spacial score (nSPS) is 13.6. The van der Waals surface area contributed by atoms with Gasteiger partial charge in [0, 0.05) is 17.3 Å². The maximum atomic E-state index is 11.4. The molecule has 0 spiro atoms. The molecule has 2 atom stereocenters. The monoisotopic (exact) mass is 286 g/mol. The van der Waals surface area contributed by atoms with Crippen LogP contribution in [0.5, 0.6) is 0 Å². The largest absolute Gasteiger partial charge is 0.760 e. The molecule has 1 rings (SSSR count). The van der Waals surface area contributed by atoms with Gasteiger partial charge in [0.15, 0.2) is 6.61 Å². The number of rotatable bonds is 6. The van der Waals surface area contributed by atoms with Crippen LogP contribution >= 0.6 is 0 Å². The van der Waals surface area contributed by atoms with Crippen LogP contribution in [0.4, 0.5) is 0 Å². The third-order valence-electron chi connectivity index (χ3n) is 2.25. The van der Waals surface area contributed by atoms with Crippen molar-refractivity contribution in [3.8, 4) is 0 Å². The lowest BCUT2D eigenvalue weighted by molar-refractivity contribution is -0.140. The number of esters is 1. The summed E-state index contributed by atoms with van der Waals surface area (Å²) in [6.07, 6.45) is 0. The molecule has 104 valence electrons. The summed E-state index contributed by atoms with van der Waals surface area (Å²) in [5.74, 6) is -1.98. The standard InChI is InChI=1S/C11H13NO6S/c1-7(12-19(16)17)8-2-4-9(5-3-8)11(15)18-6-10(13)14/h2-5,7,12H,6H2,1H3,(H,13,14)(H,16,17)/p-1. The van der Waals surface area contributed by atoms with Crippen molar-refractivity contribution in [2.75, 3.05) is 6.61 Å². The highest BCUT2D eigenvalue weighted by Gasteiger charge is 2.10. The van der Waals surface area contributed by atoms with Gasteiger partial charge >= 0.3 is 11.9 Å². The number of carbonyl (C=O) groups is 2. The number of hydrogen-bond acceptors (Lipinski definition) is 5. The summed E-state index contributed by atoms with van der Waals surface area (Å²) in [5.41, 5.74) is 0.861. The highest BCUT2D eigenvalue weighted by Crippen LogP contribution is 2.14. The van der Waals surface area contributed by atoms with Gasteiger partial charge in [-0.05, 0) is 24.6 Å². The molecule has 1 aromatic rings. The Bertz CT molecular complexity index is 486. The summed E-state index contributed by atoms with van der Waals surface area (Å²) >= 11 is -2.38. The van der Waals surface area contributed by atoms with Gasteiger partial charge in [0.2, 0.25) is 0 Å². The number of hydrogen-bond donors (Lipinski definition) is 2. The molecular formula is C11H12NO6S-. The van der Waals surface area contributed by atoms with Gasteiger partial charge < -0.3 is 14.4 Å². The number of carboxylic acids is 1. The first-order chi connectivity index (χ1) is 8.90. The van der Waals surface area contributed by atoms with E-state index < -0.39 is 35.9 Å². The van der Waals surface area contributed by atoms with E-state index in [0.717, 1.165) is 0 Å². The zero-order valence-electron chi connectivity index (χ0n) is 9.99. The Kier molecular flexibility index (Phi) is 5.61. The van der Waals surface area contributed by atoms with E-state index in [9.17, 15) is 18.4 Å². The molecule has 0 heterocycles. The Balaban J connectivity index is 2.67. The second-order valence-electron chi connectivity index (χ2n) is 3.67. The molecule has 7 nitrogen and oxygen atoms in total. The first-order valence-electron chi connectivity index (χ1n) is 5.24. The Morgan fingerprint density at radius 1 is 1.42 bits per heavy atom. The number of benzene rings is 1. The van der Waals surface area contributed by atoms with Crippen molar-refractivity contribution in [3.05, 3.63) is 35.4 Å². The van der Waals surface area contributed by atoms with Crippen LogP contribution in [0.3, 0.4) is 0 Å². The average Bonchev–Trinajstić information content (AvgIpc) is 2.35. The molecule has 2 N–H and O–H groups in total. The minimum atomic E-state index is -2.38. The lowest BCUT2D eigenvalue weighted by atomic mass is 10.1. The Hall–Kier alpha value is -1.77. The molecule has 8 heteroatoms. The van der Waals surface area contributed by atoms with Crippen LogP contribution in [0.15, 0.2) is 24.3 Å². The fraction of sp³-hybridized carbons (Fsp3) is 0.273. The maximum Gasteiger partial charge on any atom is 0.341 e. The van der Waals surface area contributed by atoms with Crippen LogP contribution in [0, 0.1) is 0 Å². The number of ether oxygens (including phenoxy) is 1. The van der Waals surface area contributed by atoms with E-state index in [1.807, 2.05) is 0 Å². The molecule has 2 unspecified atom stereocenters. The predicted octanol–water partition coefficient (Wildman–Crippen LogP) is 0.373. The molecular weight excluding hydrogens is 274 g/mol. The van der Waals surface area contributed by atoms with Crippen molar-refractivity contribution >= 4 is 23.2 Å². The number of carboxylic acid groups (broad SMARTS) is 1. The third-order valence-corrected chi connectivity index (χ3v) is 2.79. The van der Waals surface area contributed by atoms with Gasteiger partial charge in [-0.25, -0.2) is 14.3 Å². The van der Waals surface area contributed by atoms with E-state index in [4.69, 9.17) is 5.11 Å². The molecule has 0 bridgehead atoms. The summed E-state index contributed by atoms with van der Waals surface area (Å²) in [4.78, 5) is 21.6. The lowest BCUT2D eigenvalue weighted by Gasteiger charge is -2.15. The SMILES string of the molecule is CC(NS(=O)[O-])c1ccc(C(=O)OCC(=O)O)cc1. The van der Waals surface area contributed by atoms with Crippen molar-refractivity contribution < 1.29 is 28.2 Å². The van der Waals surface area contributed by atoms with Crippen molar-refractivity contribution in [1.29, 1.82) is 0 Å². The molecule has 0 saturated heterocycles. The minimum absolute atomic E-state index is 0.195. The van der Waals surface area contributed by atoms with Crippen LogP contribution in [0.25, 0.3) is 0 Å². The van der Waals surface area contributed by atoms with Gasteiger partial charge in [0.05, 0.1) is 5.56 Å². The first kappa shape index (κ1) is 15.3. The summed E-state index contributed by atoms with van der Waals surface area (Å²) < 4.78 is 27.7. The summed E-state index contributed by atoms with van der Waals surface area (Å²) in [6.45, 7) is 0.946. The number of nitrogens with one attached hydrogen (secondary N) is 1. The molecule has 19 heavy (non-hydrogen) atoms. The molecule has 0 aromatic heterocycles. The van der Waals surface area contributed by atoms with Crippen molar-refractivity contribution in [2.45, 2.75) is 13.0 Å². The molecule has 0 aliphatic carbocycles. The highest BCUT2D eigenvalue weighted by molar-refractivity contribution is 7.77. The van der Waals surface area contributed by atoms with E-state index in [0.29, 0.717) is 5.56 Å². The summed E-state index contributed by atoms with van der Waals surface area (Å²) in [5, 5.41) is 8.37. The minimum Gasteiger partial charge on any atom is -0.760 e. The van der Waals surface area contributed by atoms with E-state index in [1.54, 1.807) is 19.1 Å². The van der Waals surface area contributed by atoms with Crippen molar-refractivity contribution in [1.82, 2.24) is 4.72 Å². The van der Waals surface area contributed by atoms with Gasteiger partial charge in [0.25, 0.3) is 0 Å². The third kappa shape index (κ3) is 5.16. The molecule has 0 fully saturated rings. The van der Waals surface area contributed by atoms with Crippen LogP contribution in [0.1, 0.15) is 28.9 Å². The first-order valence-corrected chi connectivity index (χ1v) is 6.32. The Labute approximate surface area is 112 Å². The second-order valence-corrected chi connectivity index (χ2v) is 4.37. The van der Waals surface area contributed by atoms with Gasteiger partial charge in [-0.15, -0.1) is 0 Å². The van der Waals surface area contributed by atoms with E-state index in [2.05, 4.69) is 9.46 Å². The van der Waals surface area contributed by atoms with E-state index in [1.165, 1.54) is 12.1 Å². The zero-order valence-corrected chi connectivity index (χ0v) is 10.8. The van der Waals surface area contributed by atoms with Gasteiger partial charge in [-0.2, -0.15) is 0 Å². The quantitative estimate of drug-likeness (QED) is 0.576. The summed E-state index contributed by atoms with van der Waals surface area (Å²) in [6, 6.07) is 5.56. The van der Waals surface area contributed by atoms with Gasteiger partial charge in [0.1, 0.15) is 0 Å². The molecule has 0 saturated carbocycles. The molecule has 1 aromatic carbocycles. The topological polar surface area (TPSA) is 116 Å². The van der Waals surface area contributed by atoms with Crippen LogP contribution in [-0.4, -0.2) is 32.4 Å². The fourth-order valence-electron chi connectivity index (χ4n) is 1.33. The van der Waals surface area contributed by atoms with Crippen LogP contribution < -0.4 is 4.72 Å². The number of aliphatic carboxylic acids is 1. The van der Waals surface area contributed by atoms with Crippen LogP contribution in [-0.2, 0) is 20.8 Å². The van der Waals surface area contributed by atoms with Crippen molar-refractivity contribution in [3.63, 3.8) is 0 Å². The van der Waals surface area contributed by atoms with Crippen LogP contribution in [0.2, 0.25) is 0 Å². The lowest BCUT2D eigenvalue weighted by Crippen LogP contribution is -2.20. The van der Waals surface area contributed by atoms with Gasteiger partial charge in [-0.1, -0.05) is 12.1 Å². The van der Waals surface area contributed by atoms with Crippen molar-refractivity contribution in [2.24, 2.45) is 0 Å². The predicted molar refractivity (Wildman–Crippen MR) is 64.8 cm³/mol. The molecule has 0 aliphatic rings. The highest BCUT2D eigenvalue weighted by atomic mass is 32.2. The fourth-order valence-corrected chi connectivity index (χ4v) is 1.76. The average molecular weight is 286 g/mol. The molecule has 0 amide bonds. The number of carbonyl (C=O) groups excluding carboxylic acids is 1. The molecule has 0 aliphatic heterocycles. The molecule has 0 radical (unpaired) electrons. The van der Waals surface area contributed by atoms with E-state index >= 15 is 0 Å². The Morgan fingerprint density at radius 3 is 2.47 bits per heavy atom. The smallest absolute Gasteiger partial charge is 0.341 e. The van der Waals surface area contributed by atoms with Gasteiger partial charge in [-0.3, -0.25) is 4.21 Å². The van der Waals surface area contributed by atoms with E-state index in [-0.39, 0.29) is 5.56 Å².